The molecule has 0 saturated carbocycles. The van der Waals surface area contributed by atoms with Gasteiger partial charge in [-0.1, -0.05) is 24.3 Å². The van der Waals surface area contributed by atoms with Gasteiger partial charge in [0.2, 0.25) is 5.91 Å². The fourth-order valence-electron chi connectivity index (χ4n) is 4.22. The molecule has 1 saturated heterocycles. The van der Waals surface area contributed by atoms with Crippen molar-refractivity contribution in [1.29, 1.82) is 0 Å². The Hall–Kier alpha value is -1.69. The van der Waals surface area contributed by atoms with E-state index < -0.39 is 0 Å². The van der Waals surface area contributed by atoms with Gasteiger partial charge in [0, 0.05) is 38.3 Å². The van der Waals surface area contributed by atoms with Crippen LogP contribution in [0.2, 0.25) is 0 Å². The van der Waals surface area contributed by atoms with Crippen molar-refractivity contribution in [1.82, 2.24) is 10.2 Å². The molecule has 27 heavy (non-hydrogen) atoms. The number of benzene rings is 1. The zero-order chi connectivity index (χ0) is 19.2. The molecule has 1 aromatic rings. The predicted octanol–water partition coefficient (Wildman–Crippen LogP) is 2.99. The van der Waals surface area contributed by atoms with Crippen LogP contribution in [0, 0.1) is 12.8 Å². The van der Waals surface area contributed by atoms with Crippen LogP contribution in [0.25, 0.3) is 5.57 Å². The van der Waals surface area contributed by atoms with Gasteiger partial charge in [-0.25, -0.2) is 0 Å². The van der Waals surface area contributed by atoms with Gasteiger partial charge in [0.05, 0.1) is 19.3 Å². The maximum atomic E-state index is 11.8. The van der Waals surface area contributed by atoms with Crippen molar-refractivity contribution < 1.29 is 14.3 Å². The summed E-state index contributed by atoms with van der Waals surface area (Å²) in [6.45, 7) is 8.24. The van der Waals surface area contributed by atoms with Gasteiger partial charge in [-0.2, -0.15) is 0 Å². The molecule has 5 nitrogen and oxygen atoms in total. The molecular weight excluding hydrogens is 340 g/mol. The standard InChI is InChI=1S/C22H32N2O3/c1-16-6-4-5-7-19(16)20-15-27-22(14-21(20)23-17(2)25)18-8-10-24(11-9-18)12-13-26-3/h4-7,18,22H,8-15H2,1-3H3,(H,23,25). The molecule has 1 amide bonds. The topological polar surface area (TPSA) is 50.8 Å². The third-order valence-electron chi connectivity index (χ3n) is 5.78. The molecule has 1 unspecified atom stereocenters. The van der Waals surface area contributed by atoms with Crippen molar-refractivity contribution in [2.24, 2.45) is 5.92 Å². The van der Waals surface area contributed by atoms with E-state index in [0.29, 0.717) is 12.5 Å². The van der Waals surface area contributed by atoms with Crippen LogP contribution in [0.3, 0.4) is 0 Å². The van der Waals surface area contributed by atoms with Crippen LogP contribution in [-0.2, 0) is 14.3 Å². The quantitative estimate of drug-likeness (QED) is 0.834. The molecule has 0 bridgehead atoms. The maximum Gasteiger partial charge on any atom is 0.221 e. The molecule has 1 fully saturated rings. The Morgan fingerprint density at radius 2 is 2.04 bits per heavy atom. The zero-order valence-corrected chi connectivity index (χ0v) is 16.8. The van der Waals surface area contributed by atoms with Crippen LogP contribution in [0.4, 0.5) is 0 Å². The molecule has 2 heterocycles. The molecule has 2 aliphatic heterocycles. The molecule has 5 heteroatoms. The average molecular weight is 373 g/mol. The first-order valence-electron chi connectivity index (χ1n) is 9.97. The first kappa shape index (κ1) is 20.1. The predicted molar refractivity (Wildman–Crippen MR) is 107 cm³/mol. The minimum Gasteiger partial charge on any atom is -0.383 e. The van der Waals surface area contributed by atoms with E-state index in [-0.39, 0.29) is 12.0 Å². The minimum absolute atomic E-state index is 0.00822. The van der Waals surface area contributed by atoms with Crippen LogP contribution >= 0.6 is 0 Å². The largest absolute Gasteiger partial charge is 0.383 e. The number of aryl methyl sites for hydroxylation is 1. The van der Waals surface area contributed by atoms with E-state index in [4.69, 9.17) is 9.47 Å². The lowest BCUT2D eigenvalue weighted by Crippen LogP contribution is -2.42. The number of carbonyl (C=O) groups is 1. The van der Waals surface area contributed by atoms with Gasteiger partial charge in [-0.05, 0) is 49.9 Å². The Morgan fingerprint density at radius 3 is 2.70 bits per heavy atom. The maximum absolute atomic E-state index is 11.8. The number of nitrogens with zero attached hydrogens (tertiary/aromatic N) is 1. The Labute approximate surface area is 162 Å². The summed E-state index contributed by atoms with van der Waals surface area (Å²) >= 11 is 0. The lowest BCUT2D eigenvalue weighted by molar-refractivity contribution is -0.118. The zero-order valence-electron chi connectivity index (χ0n) is 16.8. The summed E-state index contributed by atoms with van der Waals surface area (Å²) in [5.41, 5.74) is 4.55. The summed E-state index contributed by atoms with van der Waals surface area (Å²) < 4.78 is 11.5. The number of piperidine rings is 1. The molecule has 0 aliphatic carbocycles. The molecular formula is C22H32N2O3. The van der Waals surface area contributed by atoms with Crippen LogP contribution in [0.1, 0.15) is 37.3 Å². The number of rotatable bonds is 6. The highest BCUT2D eigenvalue weighted by Crippen LogP contribution is 2.34. The monoisotopic (exact) mass is 372 g/mol. The van der Waals surface area contributed by atoms with Crippen molar-refractivity contribution in [2.45, 2.75) is 39.2 Å². The van der Waals surface area contributed by atoms with Gasteiger partial charge in [0.25, 0.3) is 0 Å². The minimum atomic E-state index is -0.00822. The second-order valence-electron chi connectivity index (χ2n) is 7.68. The van der Waals surface area contributed by atoms with Crippen LogP contribution in [0.5, 0.6) is 0 Å². The van der Waals surface area contributed by atoms with Crippen LogP contribution < -0.4 is 5.32 Å². The number of nitrogens with one attached hydrogen (secondary N) is 1. The lowest BCUT2D eigenvalue weighted by atomic mass is 9.85. The van der Waals surface area contributed by atoms with Crippen molar-refractivity contribution >= 4 is 11.5 Å². The van der Waals surface area contributed by atoms with Crippen LogP contribution in [0.15, 0.2) is 30.0 Å². The van der Waals surface area contributed by atoms with Gasteiger partial charge in [-0.15, -0.1) is 0 Å². The molecule has 0 spiro atoms. The normalized spacial score (nSPS) is 22.1. The Balaban J connectivity index is 1.70. The van der Waals surface area contributed by atoms with Crippen molar-refractivity contribution in [3.63, 3.8) is 0 Å². The Bertz CT molecular complexity index is 678. The SMILES string of the molecule is COCCN1CCC(C2CC(NC(C)=O)=C(c3ccccc3C)CO2)CC1. The Kier molecular flexibility index (Phi) is 7.05. The first-order valence-corrected chi connectivity index (χ1v) is 9.97. The molecule has 0 aromatic heterocycles. The van der Waals surface area contributed by atoms with Crippen molar-refractivity contribution in [3.8, 4) is 0 Å². The number of likely N-dealkylation sites (tertiary alicyclic amines) is 1. The van der Waals surface area contributed by atoms with Crippen molar-refractivity contribution in [3.05, 3.63) is 41.1 Å². The lowest BCUT2D eigenvalue weighted by Gasteiger charge is -2.38. The molecule has 148 valence electrons. The first-order chi connectivity index (χ1) is 13.1. The van der Waals surface area contributed by atoms with E-state index in [1.807, 2.05) is 12.1 Å². The summed E-state index contributed by atoms with van der Waals surface area (Å²) in [6.07, 6.45) is 3.25. The van der Waals surface area contributed by atoms with Crippen LogP contribution in [-0.4, -0.2) is 56.9 Å². The highest BCUT2D eigenvalue weighted by molar-refractivity contribution is 5.80. The fraction of sp³-hybridized carbons (Fsp3) is 0.591. The van der Waals surface area contributed by atoms with Gasteiger partial charge in [-0.3, -0.25) is 4.79 Å². The summed E-state index contributed by atoms with van der Waals surface area (Å²) in [5.74, 6) is 0.539. The highest BCUT2D eigenvalue weighted by atomic mass is 16.5. The average Bonchev–Trinajstić information content (AvgIpc) is 2.67. The molecule has 2 aliphatic rings. The molecule has 3 rings (SSSR count). The van der Waals surface area contributed by atoms with E-state index >= 15 is 0 Å². The molecule has 0 radical (unpaired) electrons. The number of ether oxygens (including phenoxy) is 2. The number of methoxy groups -OCH3 is 1. The number of amides is 1. The second-order valence-corrected chi connectivity index (χ2v) is 7.68. The molecule has 1 N–H and O–H groups in total. The number of hydrogen-bond donors (Lipinski definition) is 1. The van der Waals surface area contributed by atoms with Gasteiger partial charge in [0.1, 0.15) is 0 Å². The highest BCUT2D eigenvalue weighted by Gasteiger charge is 2.32. The number of carbonyl (C=O) groups excluding carboxylic acids is 1. The second kappa shape index (κ2) is 9.49. The third-order valence-corrected chi connectivity index (χ3v) is 5.78. The summed E-state index contributed by atoms with van der Waals surface area (Å²) in [4.78, 5) is 14.3. The summed E-state index contributed by atoms with van der Waals surface area (Å²) in [7, 11) is 1.75. The van der Waals surface area contributed by atoms with Gasteiger partial charge >= 0.3 is 0 Å². The third kappa shape index (κ3) is 5.18. The fourth-order valence-corrected chi connectivity index (χ4v) is 4.22. The van der Waals surface area contributed by atoms with E-state index in [9.17, 15) is 4.79 Å². The van der Waals surface area contributed by atoms with Gasteiger partial charge < -0.3 is 19.7 Å². The van der Waals surface area contributed by atoms with Crippen molar-refractivity contribution in [2.75, 3.05) is 40.0 Å². The van der Waals surface area contributed by atoms with Gasteiger partial charge in [0.15, 0.2) is 0 Å². The van der Waals surface area contributed by atoms with E-state index in [1.165, 1.54) is 11.1 Å². The Morgan fingerprint density at radius 1 is 1.30 bits per heavy atom. The van der Waals surface area contributed by atoms with E-state index in [2.05, 4.69) is 29.3 Å². The summed E-state index contributed by atoms with van der Waals surface area (Å²) in [5, 5.41) is 3.10. The summed E-state index contributed by atoms with van der Waals surface area (Å²) in [6, 6.07) is 8.31. The van der Waals surface area contributed by atoms with E-state index in [1.54, 1.807) is 14.0 Å². The number of hydrogen-bond acceptors (Lipinski definition) is 4. The van der Waals surface area contributed by atoms with E-state index in [0.717, 1.165) is 56.8 Å². The molecule has 1 aromatic carbocycles. The smallest absolute Gasteiger partial charge is 0.221 e. The molecule has 1 atom stereocenters.